The van der Waals surface area contributed by atoms with Crippen molar-refractivity contribution in [3.05, 3.63) is 0 Å². The lowest BCUT2D eigenvalue weighted by Crippen LogP contribution is -2.06. The van der Waals surface area contributed by atoms with Gasteiger partial charge in [-0.15, -0.1) is 0 Å². The average molecular weight is 146 g/mol. The van der Waals surface area contributed by atoms with E-state index in [0.717, 1.165) is 0 Å². The van der Waals surface area contributed by atoms with Crippen LogP contribution in [0, 0.1) is 0 Å². The van der Waals surface area contributed by atoms with E-state index in [1.54, 1.807) is 0 Å². The molecule has 0 fully saturated rings. The minimum absolute atomic E-state index is 0.0515. The maximum Gasteiger partial charge on any atom is 0.308 e. The molecule has 0 spiro atoms. The van der Waals surface area contributed by atoms with Crippen LogP contribution in [0.3, 0.4) is 0 Å². The molecule has 0 aromatic heterocycles. The largest absolute Gasteiger partial charge is 0.439 e. The van der Waals surface area contributed by atoms with Crippen molar-refractivity contribution in [2.75, 3.05) is 6.79 Å². The first-order chi connectivity index (χ1) is 4.66. The van der Waals surface area contributed by atoms with Crippen LogP contribution < -0.4 is 0 Å². The lowest BCUT2D eigenvalue weighted by Gasteiger charge is -1.97. The van der Waals surface area contributed by atoms with Crippen LogP contribution in [0.4, 0.5) is 0 Å². The number of Topliss-reactive ketones (excluding diaryl/α,β-unsaturated/α-hetero) is 1. The number of aliphatic hydroxyl groups is 1. The highest BCUT2D eigenvalue weighted by Gasteiger charge is 2.02. The highest BCUT2D eigenvalue weighted by atomic mass is 16.6. The predicted octanol–water partition coefficient (Wildman–Crippen LogP) is -0.151. The van der Waals surface area contributed by atoms with Crippen LogP contribution in [-0.4, -0.2) is 23.7 Å². The Kier molecular flexibility index (Phi) is 4.49. The highest BCUT2D eigenvalue weighted by molar-refractivity contribution is 5.80. The molecule has 0 aromatic carbocycles. The molecular weight excluding hydrogens is 136 g/mol. The molecule has 0 saturated carbocycles. The van der Waals surface area contributed by atoms with Crippen molar-refractivity contribution in [3.8, 4) is 0 Å². The zero-order chi connectivity index (χ0) is 7.98. The summed E-state index contributed by atoms with van der Waals surface area (Å²) < 4.78 is 4.16. The molecule has 0 aliphatic carbocycles. The van der Waals surface area contributed by atoms with Gasteiger partial charge in [0.2, 0.25) is 0 Å². The van der Waals surface area contributed by atoms with Crippen molar-refractivity contribution in [1.82, 2.24) is 0 Å². The first-order valence-electron chi connectivity index (χ1n) is 2.92. The average Bonchev–Trinajstić information content (AvgIpc) is 1.85. The van der Waals surface area contributed by atoms with Gasteiger partial charge in [-0.1, -0.05) is 0 Å². The van der Waals surface area contributed by atoms with E-state index in [-0.39, 0.29) is 18.6 Å². The van der Waals surface area contributed by atoms with Crippen molar-refractivity contribution in [2.45, 2.75) is 19.8 Å². The highest BCUT2D eigenvalue weighted by Crippen LogP contribution is 1.92. The van der Waals surface area contributed by atoms with Gasteiger partial charge in [-0.05, 0) is 6.92 Å². The molecule has 0 saturated heterocycles. The number of ketones is 1. The Labute approximate surface area is 58.8 Å². The summed E-state index contributed by atoms with van der Waals surface area (Å²) in [4.78, 5) is 20.7. The summed E-state index contributed by atoms with van der Waals surface area (Å²) in [5.41, 5.74) is 0. The van der Waals surface area contributed by atoms with Crippen LogP contribution in [0.5, 0.6) is 0 Å². The number of carbonyl (C=O) groups is 2. The molecule has 0 aliphatic rings. The van der Waals surface area contributed by atoms with Crippen molar-refractivity contribution in [2.24, 2.45) is 0 Å². The predicted molar refractivity (Wildman–Crippen MR) is 33.1 cm³/mol. The molecule has 0 rings (SSSR count). The molecule has 1 N–H and O–H groups in total. The molecule has 0 bridgehead atoms. The second-order valence-electron chi connectivity index (χ2n) is 1.85. The van der Waals surface area contributed by atoms with Crippen LogP contribution in [0.25, 0.3) is 0 Å². The number of carbonyl (C=O) groups excluding carboxylic acids is 2. The van der Waals surface area contributed by atoms with Gasteiger partial charge in [0.05, 0.1) is 6.42 Å². The Hall–Kier alpha value is -0.900. The van der Waals surface area contributed by atoms with Gasteiger partial charge in [0, 0.05) is 6.42 Å². The monoisotopic (exact) mass is 146 g/mol. The SMILES string of the molecule is CC(=O)CCC(=O)OCO. The number of hydrogen-bond acceptors (Lipinski definition) is 4. The molecule has 0 aliphatic heterocycles. The number of hydrogen-bond donors (Lipinski definition) is 1. The topological polar surface area (TPSA) is 63.6 Å². The molecule has 0 aromatic rings. The van der Waals surface area contributed by atoms with Gasteiger partial charge in [0.25, 0.3) is 0 Å². The lowest BCUT2D eigenvalue weighted by molar-refractivity contribution is -0.152. The Morgan fingerprint density at radius 2 is 2.00 bits per heavy atom. The Bertz CT molecular complexity index is 130. The second kappa shape index (κ2) is 4.93. The van der Waals surface area contributed by atoms with E-state index < -0.39 is 12.8 Å². The zero-order valence-electron chi connectivity index (χ0n) is 5.79. The van der Waals surface area contributed by atoms with Gasteiger partial charge in [-0.3, -0.25) is 4.79 Å². The standard InChI is InChI=1S/C6H10O4/c1-5(8)2-3-6(9)10-4-7/h7H,2-4H2,1H3. The number of esters is 1. The molecule has 0 amide bonds. The maximum absolute atomic E-state index is 10.4. The summed E-state index contributed by atoms with van der Waals surface area (Å²) in [6.07, 6.45) is 0.231. The van der Waals surface area contributed by atoms with Gasteiger partial charge >= 0.3 is 5.97 Å². The lowest BCUT2D eigenvalue weighted by atomic mass is 10.2. The first kappa shape index (κ1) is 9.10. The van der Waals surface area contributed by atoms with E-state index in [1.165, 1.54) is 6.92 Å². The van der Waals surface area contributed by atoms with Crippen molar-refractivity contribution in [1.29, 1.82) is 0 Å². The number of aliphatic hydroxyl groups excluding tert-OH is 1. The molecule has 58 valence electrons. The van der Waals surface area contributed by atoms with Crippen molar-refractivity contribution in [3.63, 3.8) is 0 Å². The summed E-state index contributed by atoms with van der Waals surface area (Å²) in [5, 5.41) is 8.07. The quantitative estimate of drug-likeness (QED) is 0.442. The van der Waals surface area contributed by atoms with Gasteiger partial charge < -0.3 is 14.6 Å². The number of ether oxygens (including phenoxy) is 1. The van der Waals surface area contributed by atoms with E-state index in [1.807, 2.05) is 0 Å². The van der Waals surface area contributed by atoms with Crippen LogP contribution in [0.1, 0.15) is 19.8 Å². The smallest absolute Gasteiger partial charge is 0.308 e. The summed E-state index contributed by atoms with van der Waals surface area (Å²) in [7, 11) is 0. The fraction of sp³-hybridized carbons (Fsp3) is 0.667. The first-order valence-corrected chi connectivity index (χ1v) is 2.92. The van der Waals surface area contributed by atoms with Crippen molar-refractivity contribution >= 4 is 11.8 Å². The van der Waals surface area contributed by atoms with Crippen LogP contribution in [0.15, 0.2) is 0 Å². The Morgan fingerprint density at radius 3 is 2.40 bits per heavy atom. The van der Waals surface area contributed by atoms with Crippen LogP contribution >= 0.6 is 0 Å². The maximum atomic E-state index is 10.4. The summed E-state index contributed by atoms with van der Waals surface area (Å²) in [6.45, 7) is 0.781. The third kappa shape index (κ3) is 5.24. The Morgan fingerprint density at radius 1 is 1.40 bits per heavy atom. The van der Waals surface area contributed by atoms with E-state index in [0.29, 0.717) is 0 Å². The molecular formula is C6H10O4. The summed E-state index contributed by atoms with van der Waals surface area (Å²) in [6, 6.07) is 0. The normalized spacial score (nSPS) is 9.00. The van der Waals surface area contributed by atoms with Crippen molar-refractivity contribution < 1.29 is 19.4 Å². The molecule has 0 unspecified atom stereocenters. The molecule has 4 heteroatoms. The third-order valence-electron chi connectivity index (χ3n) is 0.907. The molecule has 0 heterocycles. The van der Waals surface area contributed by atoms with Gasteiger partial charge in [0.15, 0.2) is 6.79 Å². The van der Waals surface area contributed by atoms with E-state index in [9.17, 15) is 9.59 Å². The molecule has 10 heavy (non-hydrogen) atoms. The van der Waals surface area contributed by atoms with Gasteiger partial charge in [0.1, 0.15) is 5.78 Å². The zero-order valence-corrected chi connectivity index (χ0v) is 5.79. The van der Waals surface area contributed by atoms with Gasteiger partial charge in [-0.2, -0.15) is 0 Å². The minimum Gasteiger partial charge on any atom is -0.439 e. The molecule has 4 nitrogen and oxygen atoms in total. The summed E-state index contributed by atoms with van der Waals surface area (Å²) in [5.74, 6) is -0.604. The Balaban J connectivity index is 3.30. The second-order valence-corrected chi connectivity index (χ2v) is 1.85. The number of rotatable bonds is 4. The fourth-order valence-corrected chi connectivity index (χ4v) is 0.422. The van der Waals surface area contributed by atoms with Crippen LogP contribution in [-0.2, 0) is 14.3 Å². The molecule has 0 radical (unpaired) electrons. The third-order valence-corrected chi connectivity index (χ3v) is 0.907. The van der Waals surface area contributed by atoms with E-state index >= 15 is 0 Å². The summed E-state index contributed by atoms with van der Waals surface area (Å²) >= 11 is 0. The van der Waals surface area contributed by atoms with Crippen LogP contribution in [0.2, 0.25) is 0 Å². The fourth-order valence-electron chi connectivity index (χ4n) is 0.422. The van der Waals surface area contributed by atoms with E-state index in [4.69, 9.17) is 5.11 Å². The molecule has 0 atom stereocenters. The van der Waals surface area contributed by atoms with E-state index in [2.05, 4.69) is 4.74 Å². The van der Waals surface area contributed by atoms with Gasteiger partial charge in [-0.25, -0.2) is 0 Å². The minimum atomic E-state index is -0.614.